The molecule has 4 aromatic rings. The Kier molecular flexibility index (Phi) is 6.61. The Bertz CT molecular complexity index is 1570. The van der Waals surface area contributed by atoms with E-state index in [0.29, 0.717) is 29.0 Å². The zero-order valence-corrected chi connectivity index (χ0v) is 21.3. The Hall–Kier alpha value is -3.54. The molecule has 1 saturated carbocycles. The van der Waals surface area contributed by atoms with Gasteiger partial charge in [-0.3, -0.25) is 4.98 Å². The highest BCUT2D eigenvalue weighted by Crippen LogP contribution is 2.36. The number of aromatic nitrogens is 5. The maximum Gasteiger partial charge on any atom is 0.229 e. The number of nitrogens with zero attached hydrogens (tertiary/aromatic N) is 5. The lowest BCUT2D eigenvalue weighted by Crippen LogP contribution is -2.24. The van der Waals surface area contributed by atoms with Crippen molar-refractivity contribution in [2.75, 3.05) is 6.26 Å². The summed E-state index contributed by atoms with van der Waals surface area (Å²) in [6, 6.07) is 3.12. The summed E-state index contributed by atoms with van der Waals surface area (Å²) in [6.45, 7) is 4.03. The van der Waals surface area contributed by atoms with Gasteiger partial charge in [0, 0.05) is 29.9 Å². The molecule has 0 atom stereocenters. The predicted molar refractivity (Wildman–Crippen MR) is 130 cm³/mol. The van der Waals surface area contributed by atoms with Crippen LogP contribution in [0.3, 0.4) is 0 Å². The highest BCUT2D eigenvalue weighted by molar-refractivity contribution is 7.90. The van der Waals surface area contributed by atoms with Gasteiger partial charge in [-0.25, -0.2) is 27.2 Å². The van der Waals surface area contributed by atoms with Crippen molar-refractivity contribution < 1.29 is 26.5 Å². The Balaban J connectivity index is 1.39. The van der Waals surface area contributed by atoms with Gasteiger partial charge >= 0.3 is 0 Å². The molecule has 0 radical (unpaired) electrons. The SMILES string of the molecule is CC(C)c1noc(C2CCC(Oc3ncnc4c(-c5cc(F)c(S(C)(=O)=O)cc5F)nccc34)CC2)n1. The van der Waals surface area contributed by atoms with Crippen molar-refractivity contribution in [2.24, 2.45) is 0 Å². The summed E-state index contributed by atoms with van der Waals surface area (Å²) in [4.78, 5) is 16.5. The van der Waals surface area contributed by atoms with Crippen LogP contribution in [-0.4, -0.2) is 45.9 Å². The number of fused-ring (bicyclic) bond motifs is 1. The molecule has 0 saturated heterocycles. The monoisotopic (exact) mass is 529 g/mol. The van der Waals surface area contributed by atoms with E-state index in [4.69, 9.17) is 9.26 Å². The van der Waals surface area contributed by atoms with Gasteiger partial charge in [0.1, 0.15) is 34.5 Å². The first-order valence-electron chi connectivity index (χ1n) is 11.9. The second-order valence-corrected chi connectivity index (χ2v) is 11.5. The average molecular weight is 530 g/mol. The van der Waals surface area contributed by atoms with Crippen LogP contribution in [-0.2, 0) is 9.84 Å². The van der Waals surface area contributed by atoms with Gasteiger partial charge in [0.2, 0.25) is 11.8 Å². The maximum absolute atomic E-state index is 14.9. The second kappa shape index (κ2) is 9.73. The van der Waals surface area contributed by atoms with Crippen molar-refractivity contribution in [3.63, 3.8) is 0 Å². The van der Waals surface area contributed by atoms with Gasteiger partial charge in [-0.2, -0.15) is 4.98 Å². The molecule has 0 N–H and O–H groups in total. The van der Waals surface area contributed by atoms with E-state index in [0.717, 1.165) is 38.0 Å². The largest absolute Gasteiger partial charge is 0.474 e. The summed E-state index contributed by atoms with van der Waals surface area (Å²) in [5.74, 6) is 0.0417. The van der Waals surface area contributed by atoms with E-state index in [2.05, 4.69) is 25.1 Å². The number of hydrogen-bond acceptors (Lipinski definition) is 9. The van der Waals surface area contributed by atoms with Crippen LogP contribution in [0.2, 0.25) is 0 Å². The maximum atomic E-state index is 14.9. The van der Waals surface area contributed by atoms with E-state index in [1.54, 1.807) is 6.07 Å². The molecule has 1 aliphatic rings. The molecule has 1 aliphatic carbocycles. The number of sulfone groups is 1. The third-order valence-corrected chi connectivity index (χ3v) is 7.58. The Labute approximate surface area is 212 Å². The molecule has 0 amide bonds. The molecule has 0 aliphatic heterocycles. The average Bonchev–Trinajstić information content (AvgIpc) is 3.36. The molecule has 5 rings (SSSR count). The fraction of sp³-hybridized carbons (Fsp3) is 0.400. The number of rotatable bonds is 6. The molecule has 0 spiro atoms. The Morgan fingerprint density at radius 2 is 1.81 bits per heavy atom. The lowest BCUT2D eigenvalue weighted by molar-refractivity contribution is 0.135. The molecule has 3 heterocycles. The summed E-state index contributed by atoms with van der Waals surface area (Å²) < 4.78 is 64.6. The van der Waals surface area contributed by atoms with Crippen LogP contribution in [0.4, 0.5) is 8.78 Å². The van der Waals surface area contributed by atoms with Gasteiger partial charge in [-0.05, 0) is 43.9 Å². The normalized spacial score (nSPS) is 18.4. The lowest BCUT2D eigenvalue weighted by Gasteiger charge is -2.27. The van der Waals surface area contributed by atoms with E-state index in [1.165, 1.54) is 12.5 Å². The van der Waals surface area contributed by atoms with Crippen molar-refractivity contribution >= 4 is 20.7 Å². The minimum absolute atomic E-state index is 0.0576. The fourth-order valence-corrected chi connectivity index (χ4v) is 5.21. The summed E-state index contributed by atoms with van der Waals surface area (Å²) in [7, 11) is -3.94. The standard InChI is InChI=1S/C25H25F2N5O4S/c1-13(2)23-31-24(36-32-23)14-4-6-15(7-5-14)35-25-16-8-9-28-22(21(16)29-12-30-25)17-10-19(27)20(11-18(17)26)37(3,33)34/h8-15H,4-7H2,1-3H3. The number of halogens is 2. The highest BCUT2D eigenvalue weighted by Gasteiger charge is 2.29. The second-order valence-electron chi connectivity index (χ2n) is 9.51. The van der Waals surface area contributed by atoms with Gasteiger partial charge in [-0.15, -0.1) is 0 Å². The summed E-state index contributed by atoms with van der Waals surface area (Å²) in [5.41, 5.74) is 0.113. The first-order chi connectivity index (χ1) is 17.6. The van der Waals surface area contributed by atoms with Crippen LogP contribution < -0.4 is 4.74 Å². The minimum atomic E-state index is -3.94. The van der Waals surface area contributed by atoms with Crippen molar-refractivity contribution in [2.45, 2.75) is 62.4 Å². The predicted octanol–water partition coefficient (Wildman–Crippen LogP) is 4.99. The number of hydrogen-bond donors (Lipinski definition) is 0. The van der Waals surface area contributed by atoms with E-state index >= 15 is 0 Å². The quantitative estimate of drug-likeness (QED) is 0.340. The summed E-state index contributed by atoms with van der Waals surface area (Å²) in [6.07, 6.45) is 6.54. The third-order valence-electron chi connectivity index (χ3n) is 6.47. The number of benzene rings is 1. The van der Waals surface area contributed by atoms with E-state index in [-0.39, 0.29) is 34.7 Å². The Morgan fingerprint density at radius 1 is 1.05 bits per heavy atom. The smallest absolute Gasteiger partial charge is 0.229 e. The molecule has 12 heteroatoms. The molecule has 37 heavy (non-hydrogen) atoms. The zero-order chi connectivity index (χ0) is 26.3. The molecule has 9 nitrogen and oxygen atoms in total. The molecule has 194 valence electrons. The topological polar surface area (TPSA) is 121 Å². The van der Waals surface area contributed by atoms with E-state index in [9.17, 15) is 17.2 Å². The van der Waals surface area contributed by atoms with Crippen molar-refractivity contribution in [1.29, 1.82) is 0 Å². The van der Waals surface area contributed by atoms with Crippen molar-refractivity contribution in [3.8, 4) is 17.1 Å². The van der Waals surface area contributed by atoms with Crippen LogP contribution in [0, 0.1) is 11.6 Å². The van der Waals surface area contributed by atoms with Gasteiger partial charge in [0.05, 0.1) is 11.1 Å². The van der Waals surface area contributed by atoms with Gasteiger partial charge in [0.15, 0.2) is 15.7 Å². The van der Waals surface area contributed by atoms with Crippen molar-refractivity contribution in [3.05, 3.63) is 54.1 Å². The third kappa shape index (κ3) is 5.02. The lowest BCUT2D eigenvalue weighted by atomic mass is 9.87. The number of ether oxygens (including phenoxy) is 1. The van der Waals surface area contributed by atoms with Crippen molar-refractivity contribution in [1.82, 2.24) is 25.1 Å². The van der Waals surface area contributed by atoms with Gasteiger partial charge in [0.25, 0.3) is 0 Å². The molecular formula is C25H25F2N5O4S. The first kappa shape index (κ1) is 25.1. The van der Waals surface area contributed by atoms with Crippen LogP contribution in [0.5, 0.6) is 5.88 Å². The van der Waals surface area contributed by atoms with E-state index < -0.39 is 26.4 Å². The summed E-state index contributed by atoms with van der Waals surface area (Å²) >= 11 is 0. The molecule has 1 aromatic carbocycles. The minimum Gasteiger partial charge on any atom is -0.474 e. The molecule has 3 aromatic heterocycles. The van der Waals surface area contributed by atoms with E-state index in [1.807, 2.05) is 13.8 Å². The molecule has 1 fully saturated rings. The van der Waals surface area contributed by atoms with Crippen LogP contribution >= 0.6 is 0 Å². The zero-order valence-electron chi connectivity index (χ0n) is 20.5. The van der Waals surface area contributed by atoms with Gasteiger partial charge < -0.3 is 9.26 Å². The van der Waals surface area contributed by atoms with Crippen LogP contribution in [0.1, 0.15) is 63.1 Å². The highest BCUT2D eigenvalue weighted by atomic mass is 32.2. The number of pyridine rings is 1. The van der Waals surface area contributed by atoms with Crippen LogP contribution in [0.15, 0.2) is 40.1 Å². The van der Waals surface area contributed by atoms with Crippen LogP contribution in [0.25, 0.3) is 22.2 Å². The van der Waals surface area contributed by atoms with Gasteiger partial charge in [-0.1, -0.05) is 19.0 Å². The molecule has 0 bridgehead atoms. The molecule has 0 unspecified atom stereocenters. The summed E-state index contributed by atoms with van der Waals surface area (Å²) in [5, 5.41) is 4.54. The first-order valence-corrected chi connectivity index (χ1v) is 13.8. The molecular weight excluding hydrogens is 504 g/mol. The Morgan fingerprint density at radius 3 is 2.49 bits per heavy atom. The fourth-order valence-electron chi connectivity index (χ4n) is 4.48.